The Bertz CT molecular complexity index is 1160. The van der Waals surface area contributed by atoms with Crippen LogP contribution in [0.25, 0.3) is 11.5 Å². The molecule has 1 amide bonds. The summed E-state index contributed by atoms with van der Waals surface area (Å²) in [4.78, 5) is 17.1. The molecule has 1 atom stereocenters. The van der Waals surface area contributed by atoms with Gasteiger partial charge in [-0.25, -0.2) is 9.37 Å². The van der Waals surface area contributed by atoms with Gasteiger partial charge in [0.2, 0.25) is 5.89 Å². The van der Waals surface area contributed by atoms with Gasteiger partial charge in [0, 0.05) is 12.1 Å². The summed E-state index contributed by atoms with van der Waals surface area (Å²) >= 11 is 0. The molecule has 4 rings (SSSR count). The van der Waals surface area contributed by atoms with Gasteiger partial charge < -0.3 is 24.9 Å². The van der Waals surface area contributed by atoms with E-state index in [0.717, 1.165) is 12.8 Å². The first-order valence-corrected chi connectivity index (χ1v) is 10.8. The molecule has 34 heavy (non-hydrogen) atoms. The minimum Gasteiger partial charge on any atom is -0.489 e. The number of hydrogen-bond acceptors (Lipinski definition) is 6. The lowest BCUT2D eigenvalue weighted by Gasteiger charge is -2.12. The Morgan fingerprint density at radius 1 is 1.24 bits per heavy atom. The highest BCUT2D eigenvalue weighted by molar-refractivity contribution is 5.94. The third-order valence-corrected chi connectivity index (χ3v) is 5.20. The summed E-state index contributed by atoms with van der Waals surface area (Å²) in [6, 6.07) is 9.49. The maximum atomic E-state index is 13.4. The van der Waals surface area contributed by atoms with E-state index >= 15 is 0 Å². The van der Waals surface area contributed by atoms with Crippen LogP contribution < -0.4 is 20.5 Å². The molecular weight excluding hydrogens is 451 g/mol. The van der Waals surface area contributed by atoms with Crippen molar-refractivity contribution in [2.45, 2.75) is 39.0 Å². The zero-order chi connectivity index (χ0) is 24.2. The fourth-order valence-electron chi connectivity index (χ4n) is 3.28. The summed E-state index contributed by atoms with van der Waals surface area (Å²) in [5.41, 5.74) is 6.93. The quantitative estimate of drug-likeness (QED) is 0.436. The first-order chi connectivity index (χ1) is 16.3. The summed E-state index contributed by atoms with van der Waals surface area (Å²) in [5.74, 6) is -0.319. The standard InChI is InChI=1S/C24H24F3N3O4/c1-13(28)21-20(22(31)29-11-15-3-2-4-17(25)9-15)30-23(34-21)16-7-8-18(33-24(26)27)19(10-16)32-12-14-5-6-14/h2-4,7-10,13-14,24H,5-6,11-12,28H2,1H3,(H,29,31)/t13-/m0/s1. The summed E-state index contributed by atoms with van der Waals surface area (Å²) < 4.78 is 55.0. The van der Waals surface area contributed by atoms with Gasteiger partial charge in [-0.15, -0.1) is 0 Å². The number of nitrogens with zero attached hydrogens (tertiary/aromatic N) is 1. The van der Waals surface area contributed by atoms with Crippen molar-refractivity contribution in [3.63, 3.8) is 0 Å². The van der Waals surface area contributed by atoms with Gasteiger partial charge in [-0.1, -0.05) is 12.1 Å². The van der Waals surface area contributed by atoms with Crippen molar-refractivity contribution in [2.24, 2.45) is 11.7 Å². The van der Waals surface area contributed by atoms with E-state index in [1.165, 1.54) is 30.3 Å². The zero-order valence-corrected chi connectivity index (χ0v) is 18.4. The number of nitrogens with two attached hydrogens (primary N) is 1. The summed E-state index contributed by atoms with van der Waals surface area (Å²) in [6.07, 6.45) is 2.05. The van der Waals surface area contributed by atoms with Gasteiger partial charge in [-0.2, -0.15) is 8.78 Å². The summed E-state index contributed by atoms with van der Waals surface area (Å²) in [7, 11) is 0. The van der Waals surface area contributed by atoms with Crippen molar-refractivity contribution in [2.75, 3.05) is 6.61 Å². The lowest BCUT2D eigenvalue weighted by atomic mass is 10.2. The van der Waals surface area contributed by atoms with Crippen LogP contribution in [0.15, 0.2) is 46.9 Å². The van der Waals surface area contributed by atoms with Gasteiger partial charge in [0.1, 0.15) is 5.82 Å². The third kappa shape index (κ3) is 5.88. The van der Waals surface area contributed by atoms with E-state index in [9.17, 15) is 18.0 Å². The normalized spacial score (nSPS) is 14.2. The van der Waals surface area contributed by atoms with Gasteiger partial charge in [0.15, 0.2) is 23.0 Å². The largest absolute Gasteiger partial charge is 0.489 e. The van der Waals surface area contributed by atoms with E-state index < -0.39 is 24.4 Å². The molecule has 1 aromatic heterocycles. The molecular formula is C24H24F3N3O4. The Kier molecular flexibility index (Phi) is 7.06. The SMILES string of the molecule is C[C@H](N)c1oc(-c2ccc(OC(F)F)c(OCC3CC3)c2)nc1C(=O)NCc1cccc(F)c1. The van der Waals surface area contributed by atoms with Crippen molar-refractivity contribution < 1.29 is 31.9 Å². The average Bonchev–Trinajstić information content (AvgIpc) is 3.51. The van der Waals surface area contributed by atoms with E-state index in [1.807, 2.05) is 0 Å². The van der Waals surface area contributed by atoms with Crippen LogP contribution in [0.5, 0.6) is 11.5 Å². The molecule has 0 saturated heterocycles. The van der Waals surface area contributed by atoms with Crippen molar-refractivity contribution in [3.05, 3.63) is 65.3 Å². The molecule has 0 spiro atoms. The first-order valence-electron chi connectivity index (χ1n) is 10.8. The molecule has 180 valence electrons. The van der Waals surface area contributed by atoms with E-state index in [1.54, 1.807) is 19.1 Å². The molecule has 1 aliphatic carbocycles. The molecule has 1 heterocycles. The second-order valence-electron chi connectivity index (χ2n) is 8.13. The predicted molar refractivity (Wildman–Crippen MR) is 117 cm³/mol. The van der Waals surface area contributed by atoms with Crippen LogP contribution in [0.1, 0.15) is 47.6 Å². The minimum atomic E-state index is -3.01. The topological polar surface area (TPSA) is 99.6 Å². The van der Waals surface area contributed by atoms with E-state index in [0.29, 0.717) is 23.7 Å². The van der Waals surface area contributed by atoms with Crippen molar-refractivity contribution in [1.82, 2.24) is 10.3 Å². The van der Waals surface area contributed by atoms with Crippen LogP contribution >= 0.6 is 0 Å². The van der Waals surface area contributed by atoms with E-state index in [2.05, 4.69) is 15.0 Å². The Morgan fingerprint density at radius 3 is 2.71 bits per heavy atom. The second kappa shape index (κ2) is 10.2. The maximum absolute atomic E-state index is 13.4. The van der Waals surface area contributed by atoms with Crippen LogP contribution in [0.3, 0.4) is 0 Å². The van der Waals surface area contributed by atoms with Crippen LogP contribution in [0.2, 0.25) is 0 Å². The first kappa shape index (κ1) is 23.6. The third-order valence-electron chi connectivity index (χ3n) is 5.20. The number of alkyl halides is 2. The van der Waals surface area contributed by atoms with Crippen LogP contribution in [0.4, 0.5) is 13.2 Å². The number of hydrogen-bond donors (Lipinski definition) is 2. The highest BCUT2D eigenvalue weighted by Crippen LogP contribution is 2.37. The molecule has 7 nitrogen and oxygen atoms in total. The van der Waals surface area contributed by atoms with E-state index in [4.69, 9.17) is 14.9 Å². The van der Waals surface area contributed by atoms with Crippen molar-refractivity contribution in [3.8, 4) is 23.0 Å². The van der Waals surface area contributed by atoms with Gasteiger partial charge in [0.05, 0.1) is 12.6 Å². The Labute approximate surface area is 194 Å². The van der Waals surface area contributed by atoms with Gasteiger partial charge >= 0.3 is 6.61 Å². The Morgan fingerprint density at radius 2 is 2.03 bits per heavy atom. The Balaban J connectivity index is 1.58. The smallest absolute Gasteiger partial charge is 0.387 e. The number of carbonyl (C=O) groups is 1. The second-order valence-corrected chi connectivity index (χ2v) is 8.13. The molecule has 2 aromatic carbocycles. The number of halogens is 3. The fraction of sp³-hybridized carbons (Fsp3) is 0.333. The minimum absolute atomic E-state index is 0.0187. The molecule has 3 aromatic rings. The molecule has 1 aliphatic rings. The number of aromatic nitrogens is 1. The van der Waals surface area contributed by atoms with Crippen LogP contribution in [-0.2, 0) is 6.54 Å². The number of carbonyl (C=O) groups excluding carboxylic acids is 1. The highest BCUT2D eigenvalue weighted by Gasteiger charge is 2.26. The molecule has 0 radical (unpaired) electrons. The molecule has 10 heteroatoms. The number of ether oxygens (including phenoxy) is 2. The molecule has 0 aliphatic heterocycles. The number of benzene rings is 2. The number of amides is 1. The van der Waals surface area contributed by atoms with Crippen LogP contribution in [0, 0.1) is 11.7 Å². The monoisotopic (exact) mass is 475 g/mol. The van der Waals surface area contributed by atoms with Gasteiger partial charge in [0.25, 0.3) is 5.91 Å². The molecule has 3 N–H and O–H groups in total. The number of oxazole rings is 1. The van der Waals surface area contributed by atoms with E-state index in [-0.39, 0.29) is 35.4 Å². The summed E-state index contributed by atoms with van der Waals surface area (Å²) in [5, 5.41) is 2.67. The zero-order valence-electron chi connectivity index (χ0n) is 18.4. The molecule has 0 unspecified atom stereocenters. The van der Waals surface area contributed by atoms with Gasteiger partial charge in [-0.05, 0) is 61.6 Å². The maximum Gasteiger partial charge on any atom is 0.387 e. The van der Waals surface area contributed by atoms with Crippen molar-refractivity contribution >= 4 is 5.91 Å². The highest BCUT2D eigenvalue weighted by atomic mass is 19.3. The lowest BCUT2D eigenvalue weighted by molar-refractivity contribution is -0.0515. The number of rotatable bonds is 10. The number of nitrogens with one attached hydrogen (secondary N) is 1. The lowest BCUT2D eigenvalue weighted by Crippen LogP contribution is -2.25. The van der Waals surface area contributed by atoms with Gasteiger partial charge in [-0.3, -0.25) is 4.79 Å². The summed E-state index contributed by atoms with van der Waals surface area (Å²) in [6.45, 7) is -0.908. The molecule has 1 fully saturated rings. The van der Waals surface area contributed by atoms with Crippen LogP contribution in [-0.4, -0.2) is 24.1 Å². The molecule has 1 saturated carbocycles. The Hall–Kier alpha value is -3.53. The van der Waals surface area contributed by atoms with Crippen molar-refractivity contribution in [1.29, 1.82) is 0 Å². The average molecular weight is 475 g/mol. The fourth-order valence-corrected chi connectivity index (χ4v) is 3.28. The molecule has 0 bridgehead atoms. The predicted octanol–water partition coefficient (Wildman–Crippen LogP) is 4.82.